The molecule has 0 radical (unpaired) electrons. The van der Waals surface area contributed by atoms with Crippen LogP contribution in [-0.4, -0.2) is 35.2 Å². The summed E-state index contributed by atoms with van der Waals surface area (Å²) in [7, 11) is 1.69. The highest BCUT2D eigenvalue weighted by molar-refractivity contribution is 6.31. The van der Waals surface area contributed by atoms with Gasteiger partial charge in [-0.15, -0.1) is 0 Å². The van der Waals surface area contributed by atoms with Gasteiger partial charge >= 0.3 is 0 Å². The molecule has 0 saturated heterocycles. The lowest BCUT2D eigenvalue weighted by atomic mass is 9.90. The van der Waals surface area contributed by atoms with Gasteiger partial charge in [-0.2, -0.15) is 15.0 Å². The number of hydrogen-bond acceptors (Lipinski definition) is 5. The Labute approximate surface area is 111 Å². The third-order valence-electron chi connectivity index (χ3n) is 2.29. The van der Waals surface area contributed by atoms with Gasteiger partial charge in [-0.25, -0.2) is 0 Å². The molecule has 0 aliphatic heterocycles. The Bertz CT molecular complexity index is 353. The fourth-order valence-corrected chi connectivity index (χ4v) is 1.55. The summed E-state index contributed by atoms with van der Waals surface area (Å²) in [5, 5.41) is 3.26. The van der Waals surface area contributed by atoms with E-state index in [-0.39, 0.29) is 16.0 Å². The summed E-state index contributed by atoms with van der Waals surface area (Å²) in [5.74, 6) is 0.389. The summed E-state index contributed by atoms with van der Waals surface area (Å²) in [6, 6.07) is 0. The van der Waals surface area contributed by atoms with Crippen LogP contribution in [-0.2, 0) is 4.74 Å². The van der Waals surface area contributed by atoms with E-state index in [1.54, 1.807) is 7.11 Å². The normalized spacial score (nSPS) is 11.6. The number of aromatic nitrogens is 3. The van der Waals surface area contributed by atoms with Crippen molar-refractivity contribution in [3.05, 3.63) is 10.6 Å². The Kier molecular flexibility index (Phi) is 5.36. The molecule has 0 saturated carbocycles. The van der Waals surface area contributed by atoms with Gasteiger partial charge in [0.05, 0.1) is 0 Å². The molecule has 1 aromatic rings. The Hall–Kier alpha value is -0.650. The van der Waals surface area contributed by atoms with Crippen LogP contribution in [0.25, 0.3) is 0 Å². The second-order valence-electron chi connectivity index (χ2n) is 4.46. The first kappa shape index (κ1) is 14.4. The average molecular weight is 279 g/mol. The maximum atomic E-state index is 5.68. The van der Waals surface area contributed by atoms with Crippen LogP contribution in [0.5, 0.6) is 0 Å². The van der Waals surface area contributed by atoms with Gasteiger partial charge in [0, 0.05) is 20.3 Å². The molecule has 17 heavy (non-hydrogen) atoms. The van der Waals surface area contributed by atoms with Gasteiger partial charge in [-0.3, -0.25) is 0 Å². The zero-order valence-electron chi connectivity index (χ0n) is 10.1. The van der Waals surface area contributed by atoms with Crippen molar-refractivity contribution in [2.24, 2.45) is 5.41 Å². The molecule has 0 atom stereocenters. The summed E-state index contributed by atoms with van der Waals surface area (Å²) in [5.41, 5.74) is 0.0710. The molecule has 0 aliphatic carbocycles. The van der Waals surface area contributed by atoms with E-state index in [9.17, 15) is 0 Å². The van der Waals surface area contributed by atoms with Crippen molar-refractivity contribution < 1.29 is 4.74 Å². The lowest BCUT2D eigenvalue weighted by Crippen LogP contribution is -2.25. The van der Waals surface area contributed by atoms with Crippen LogP contribution in [0.4, 0.5) is 5.95 Å². The highest BCUT2D eigenvalue weighted by Gasteiger charge is 2.18. The first-order chi connectivity index (χ1) is 7.93. The topological polar surface area (TPSA) is 59.9 Å². The molecule has 0 aliphatic rings. The van der Waals surface area contributed by atoms with Gasteiger partial charge in [-0.1, -0.05) is 13.8 Å². The average Bonchev–Trinajstić information content (AvgIpc) is 2.23. The molecule has 0 fully saturated rings. The smallest absolute Gasteiger partial charge is 0.228 e. The monoisotopic (exact) mass is 278 g/mol. The second-order valence-corrected chi connectivity index (χ2v) is 5.13. The van der Waals surface area contributed by atoms with Gasteiger partial charge in [0.15, 0.2) is 0 Å². The Morgan fingerprint density at radius 2 is 1.76 bits per heavy atom. The van der Waals surface area contributed by atoms with E-state index >= 15 is 0 Å². The van der Waals surface area contributed by atoms with E-state index in [1.165, 1.54) is 0 Å². The summed E-state index contributed by atoms with van der Waals surface area (Å²) in [6.45, 7) is 5.67. The van der Waals surface area contributed by atoms with E-state index in [0.29, 0.717) is 19.1 Å². The van der Waals surface area contributed by atoms with Crippen molar-refractivity contribution in [1.29, 1.82) is 0 Å². The highest BCUT2D eigenvalue weighted by atomic mass is 35.5. The van der Waals surface area contributed by atoms with Gasteiger partial charge in [0.1, 0.15) is 0 Å². The molecular weight excluding hydrogens is 263 g/mol. The van der Waals surface area contributed by atoms with E-state index in [1.807, 2.05) is 0 Å². The standard InChI is InChI=1S/C10H16Cl2N4O/c1-10(2,4-5-17-3)6-13-9-15-7(11)14-8(12)16-9/h4-6H2,1-3H3,(H,13,14,15,16). The molecule has 96 valence electrons. The molecule has 1 N–H and O–H groups in total. The predicted molar refractivity (Wildman–Crippen MR) is 68.6 cm³/mol. The molecule has 0 bridgehead atoms. The van der Waals surface area contributed by atoms with Crippen LogP contribution in [0.15, 0.2) is 0 Å². The van der Waals surface area contributed by atoms with Gasteiger partial charge in [0.25, 0.3) is 0 Å². The Morgan fingerprint density at radius 1 is 1.18 bits per heavy atom. The van der Waals surface area contributed by atoms with E-state index in [0.717, 1.165) is 6.42 Å². The lowest BCUT2D eigenvalue weighted by molar-refractivity contribution is 0.157. The minimum absolute atomic E-state index is 0.0710. The maximum absolute atomic E-state index is 5.68. The first-order valence-electron chi connectivity index (χ1n) is 5.23. The predicted octanol–water partition coefficient (Wildman–Crippen LogP) is 2.65. The number of hydrogen-bond donors (Lipinski definition) is 1. The molecule has 0 aromatic carbocycles. The fourth-order valence-electron chi connectivity index (χ4n) is 1.19. The SMILES string of the molecule is COCCC(C)(C)CNc1nc(Cl)nc(Cl)n1. The number of rotatable bonds is 6. The van der Waals surface area contributed by atoms with Gasteiger partial charge < -0.3 is 10.1 Å². The number of nitrogens with one attached hydrogen (secondary N) is 1. The summed E-state index contributed by atoms with van der Waals surface area (Å²) < 4.78 is 5.06. The number of ether oxygens (including phenoxy) is 1. The van der Waals surface area contributed by atoms with Gasteiger partial charge in [-0.05, 0) is 35.0 Å². The zero-order valence-corrected chi connectivity index (χ0v) is 11.6. The zero-order chi connectivity index (χ0) is 12.9. The van der Waals surface area contributed by atoms with Crippen molar-refractivity contribution in [3.63, 3.8) is 0 Å². The molecule has 0 amide bonds. The lowest BCUT2D eigenvalue weighted by Gasteiger charge is -2.24. The second kappa shape index (κ2) is 6.33. The number of halogens is 2. The van der Waals surface area contributed by atoms with Crippen LogP contribution in [0, 0.1) is 5.41 Å². The quantitative estimate of drug-likeness (QED) is 0.867. The van der Waals surface area contributed by atoms with Crippen molar-refractivity contribution in [1.82, 2.24) is 15.0 Å². The highest BCUT2D eigenvalue weighted by Crippen LogP contribution is 2.20. The molecule has 7 heteroatoms. The largest absolute Gasteiger partial charge is 0.385 e. The number of methoxy groups -OCH3 is 1. The van der Waals surface area contributed by atoms with Gasteiger partial charge in [0.2, 0.25) is 16.5 Å². The van der Waals surface area contributed by atoms with Crippen molar-refractivity contribution in [2.45, 2.75) is 20.3 Å². The molecule has 0 spiro atoms. The van der Waals surface area contributed by atoms with E-state index < -0.39 is 0 Å². The third kappa shape index (κ3) is 5.48. The van der Waals surface area contributed by atoms with Crippen LogP contribution in [0.3, 0.4) is 0 Å². The number of anilines is 1. The minimum Gasteiger partial charge on any atom is -0.385 e. The maximum Gasteiger partial charge on any atom is 0.228 e. The molecule has 5 nitrogen and oxygen atoms in total. The third-order valence-corrected chi connectivity index (χ3v) is 2.63. The molecule has 0 unspecified atom stereocenters. The van der Waals surface area contributed by atoms with Crippen molar-refractivity contribution in [3.8, 4) is 0 Å². The molecule has 1 rings (SSSR count). The van der Waals surface area contributed by atoms with E-state index in [4.69, 9.17) is 27.9 Å². The van der Waals surface area contributed by atoms with Crippen LogP contribution in [0.1, 0.15) is 20.3 Å². The Balaban J connectivity index is 2.54. The summed E-state index contributed by atoms with van der Waals surface area (Å²) in [6.07, 6.45) is 0.934. The molecule has 1 aromatic heterocycles. The minimum atomic E-state index is 0.0710. The van der Waals surface area contributed by atoms with Crippen molar-refractivity contribution in [2.75, 3.05) is 25.6 Å². The molecule has 1 heterocycles. The summed E-state index contributed by atoms with van der Waals surface area (Å²) >= 11 is 11.4. The first-order valence-corrected chi connectivity index (χ1v) is 5.98. The van der Waals surface area contributed by atoms with Crippen molar-refractivity contribution >= 4 is 29.2 Å². The van der Waals surface area contributed by atoms with Crippen LogP contribution < -0.4 is 5.32 Å². The molecular formula is C10H16Cl2N4O. The van der Waals surface area contributed by atoms with Crippen LogP contribution >= 0.6 is 23.2 Å². The Morgan fingerprint density at radius 3 is 2.29 bits per heavy atom. The summed E-state index contributed by atoms with van der Waals surface area (Å²) in [4.78, 5) is 11.5. The fraction of sp³-hybridized carbons (Fsp3) is 0.700. The van der Waals surface area contributed by atoms with E-state index in [2.05, 4.69) is 34.1 Å². The number of nitrogens with zero attached hydrogens (tertiary/aromatic N) is 3. The van der Waals surface area contributed by atoms with Crippen LogP contribution in [0.2, 0.25) is 10.6 Å².